The minimum atomic E-state index is -3.53. The molecule has 9 heteroatoms. The number of carbonyl (C=O) groups excluding carboxylic acids is 1. The van der Waals surface area contributed by atoms with Crippen molar-refractivity contribution in [2.24, 2.45) is 11.8 Å². The number of benzene rings is 3. The van der Waals surface area contributed by atoms with E-state index in [2.05, 4.69) is 33.3 Å². The standard InChI is InChI=1S/C37H44N4O4S/c1-39-36(42)45-35-14-8-13-34(35)37(27-38,28-9-4-2-5-10-28)29-19-23-40(24-20-29)31-21-25-41(26-22-31)30-15-17-33(18-16-30)46(43,44)32-11-6-3-7-12-32/h2-7,9-12,15-18,29,31,34-35H,8,13-14,19-26H2,1H3,(H,39,42). The van der Waals surface area contributed by atoms with Crippen LogP contribution in [0.4, 0.5) is 10.5 Å². The smallest absolute Gasteiger partial charge is 0.407 e. The van der Waals surface area contributed by atoms with Gasteiger partial charge in [-0.1, -0.05) is 48.5 Å². The number of hydrogen-bond donors (Lipinski definition) is 1. The number of ether oxygens (including phenoxy) is 1. The van der Waals surface area contributed by atoms with Crippen LogP contribution in [0.25, 0.3) is 0 Å². The van der Waals surface area contributed by atoms with E-state index in [4.69, 9.17) is 4.74 Å². The number of hydrogen-bond acceptors (Lipinski definition) is 7. The van der Waals surface area contributed by atoms with E-state index in [0.29, 0.717) is 15.8 Å². The Balaban J connectivity index is 1.10. The lowest BCUT2D eigenvalue weighted by Gasteiger charge is -2.48. The van der Waals surface area contributed by atoms with E-state index in [0.717, 1.165) is 82.4 Å². The topological polar surface area (TPSA) is 103 Å². The van der Waals surface area contributed by atoms with Gasteiger partial charge in [0.2, 0.25) is 9.84 Å². The van der Waals surface area contributed by atoms with E-state index in [-0.39, 0.29) is 17.9 Å². The largest absolute Gasteiger partial charge is 0.446 e. The van der Waals surface area contributed by atoms with E-state index >= 15 is 0 Å². The van der Waals surface area contributed by atoms with Crippen molar-refractivity contribution in [1.82, 2.24) is 10.2 Å². The summed E-state index contributed by atoms with van der Waals surface area (Å²) in [6.45, 7) is 3.74. The van der Waals surface area contributed by atoms with Crippen molar-refractivity contribution >= 4 is 21.6 Å². The highest BCUT2D eigenvalue weighted by molar-refractivity contribution is 7.91. The van der Waals surface area contributed by atoms with Gasteiger partial charge in [0.15, 0.2) is 0 Å². The van der Waals surface area contributed by atoms with Gasteiger partial charge in [0.25, 0.3) is 0 Å². The molecule has 1 aliphatic carbocycles. The molecule has 0 spiro atoms. The van der Waals surface area contributed by atoms with Crippen molar-refractivity contribution in [3.8, 4) is 6.07 Å². The van der Waals surface area contributed by atoms with Gasteiger partial charge in [-0.05, 0) is 106 Å². The predicted molar refractivity (Wildman–Crippen MR) is 178 cm³/mol. The van der Waals surface area contributed by atoms with Gasteiger partial charge in [0, 0.05) is 37.8 Å². The molecule has 2 saturated heterocycles. The average molecular weight is 641 g/mol. The molecule has 2 aliphatic heterocycles. The first kappa shape index (κ1) is 32.1. The number of sulfone groups is 1. The van der Waals surface area contributed by atoms with Gasteiger partial charge in [-0.2, -0.15) is 5.26 Å². The summed E-state index contributed by atoms with van der Waals surface area (Å²) in [5.41, 5.74) is 1.40. The number of nitriles is 1. The molecule has 0 aromatic heterocycles. The van der Waals surface area contributed by atoms with Crippen molar-refractivity contribution in [2.75, 3.05) is 38.1 Å². The Hall–Kier alpha value is -3.87. The second kappa shape index (κ2) is 13.9. The quantitative estimate of drug-likeness (QED) is 0.313. The van der Waals surface area contributed by atoms with Crippen LogP contribution in [0.15, 0.2) is 94.7 Å². The number of carbonyl (C=O) groups is 1. The van der Waals surface area contributed by atoms with Gasteiger partial charge in [-0.15, -0.1) is 0 Å². The SMILES string of the molecule is CNC(=O)OC1CCCC1C(C#N)(c1ccccc1)C1CCN(C2CCN(c3ccc(S(=O)(=O)c4ccccc4)cc3)CC2)CC1. The molecule has 6 rings (SSSR count). The minimum absolute atomic E-state index is 0.0361. The number of nitrogens with zero attached hydrogens (tertiary/aromatic N) is 3. The average Bonchev–Trinajstić information content (AvgIpc) is 3.58. The first-order valence-electron chi connectivity index (χ1n) is 16.6. The summed E-state index contributed by atoms with van der Waals surface area (Å²) in [6.07, 6.45) is 5.88. The van der Waals surface area contributed by atoms with Gasteiger partial charge >= 0.3 is 6.09 Å². The Bertz CT molecular complexity index is 1610. The summed E-state index contributed by atoms with van der Waals surface area (Å²) >= 11 is 0. The normalized spacial score (nSPS) is 22.9. The zero-order valence-electron chi connectivity index (χ0n) is 26.6. The summed E-state index contributed by atoms with van der Waals surface area (Å²) in [5, 5.41) is 13.6. The first-order valence-corrected chi connectivity index (χ1v) is 18.1. The summed E-state index contributed by atoms with van der Waals surface area (Å²) in [6, 6.07) is 29.4. The van der Waals surface area contributed by atoms with E-state index in [1.165, 1.54) is 0 Å². The molecule has 46 heavy (non-hydrogen) atoms. The minimum Gasteiger partial charge on any atom is -0.446 e. The van der Waals surface area contributed by atoms with Crippen LogP contribution in [0, 0.1) is 23.2 Å². The number of piperidine rings is 2. The van der Waals surface area contributed by atoms with Crippen LogP contribution >= 0.6 is 0 Å². The zero-order valence-corrected chi connectivity index (χ0v) is 27.4. The summed E-state index contributed by atoms with van der Waals surface area (Å²) in [4.78, 5) is 17.8. The third kappa shape index (κ3) is 6.25. The van der Waals surface area contributed by atoms with Crippen LogP contribution in [0.1, 0.15) is 50.5 Å². The van der Waals surface area contributed by atoms with Gasteiger partial charge in [-0.25, -0.2) is 13.2 Å². The molecular weight excluding hydrogens is 596 g/mol. The van der Waals surface area contributed by atoms with Crippen LogP contribution in [-0.2, 0) is 20.0 Å². The van der Waals surface area contributed by atoms with Crippen LogP contribution in [0.5, 0.6) is 0 Å². The number of likely N-dealkylation sites (tertiary alicyclic amines) is 1. The Kier molecular flexibility index (Phi) is 9.67. The maximum Gasteiger partial charge on any atom is 0.407 e. The molecule has 2 heterocycles. The summed E-state index contributed by atoms with van der Waals surface area (Å²) in [7, 11) is -1.95. The zero-order chi connectivity index (χ0) is 32.1. The summed E-state index contributed by atoms with van der Waals surface area (Å²) < 4.78 is 31.9. The molecule has 3 aromatic rings. The fourth-order valence-electron chi connectivity index (χ4n) is 8.27. The Morgan fingerprint density at radius 3 is 2.04 bits per heavy atom. The number of nitrogens with one attached hydrogen (secondary N) is 1. The number of alkyl carbamates (subject to hydrolysis) is 1. The second-order valence-electron chi connectivity index (χ2n) is 12.9. The third-order valence-electron chi connectivity index (χ3n) is 10.7. The molecule has 3 unspecified atom stereocenters. The second-order valence-corrected chi connectivity index (χ2v) is 14.9. The highest BCUT2D eigenvalue weighted by Gasteiger charge is 2.53. The van der Waals surface area contributed by atoms with Crippen molar-refractivity contribution in [2.45, 2.75) is 72.3 Å². The van der Waals surface area contributed by atoms with Crippen molar-refractivity contribution in [3.05, 3.63) is 90.5 Å². The Morgan fingerprint density at radius 1 is 0.826 bits per heavy atom. The lowest BCUT2D eigenvalue weighted by molar-refractivity contribution is 0.0258. The Morgan fingerprint density at radius 2 is 1.43 bits per heavy atom. The van der Waals surface area contributed by atoms with Gasteiger partial charge in [0.1, 0.15) is 6.10 Å². The molecule has 3 aromatic carbocycles. The Labute approximate surface area is 273 Å². The van der Waals surface area contributed by atoms with Crippen molar-refractivity contribution in [1.29, 1.82) is 5.26 Å². The predicted octanol–water partition coefficient (Wildman–Crippen LogP) is 6.19. The van der Waals surface area contributed by atoms with Gasteiger partial charge in [0.05, 0.1) is 21.3 Å². The third-order valence-corrected chi connectivity index (χ3v) is 12.4. The van der Waals surface area contributed by atoms with E-state index in [1.54, 1.807) is 43.4 Å². The fourth-order valence-corrected chi connectivity index (χ4v) is 9.55. The van der Waals surface area contributed by atoms with E-state index < -0.39 is 21.3 Å². The molecule has 3 aliphatic rings. The maximum absolute atomic E-state index is 13.0. The number of anilines is 1. The molecule has 0 bridgehead atoms. The lowest BCUT2D eigenvalue weighted by Crippen LogP contribution is -2.52. The molecule has 3 atom stereocenters. The molecule has 0 radical (unpaired) electrons. The molecular formula is C37H44N4O4S. The molecule has 8 nitrogen and oxygen atoms in total. The molecule has 1 saturated carbocycles. The van der Waals surface area contributed by atoms with Crippen LogP contribution in [-0.4, -0.2) is 64.8 Å². The van der Waals surface area contributed by atoms with Gasteiger partial charge < -0.3 is 19.9 Å². The maximum atomic E-state index is 13.0. The van der Waals surface area contributed by atoms with Crippen LogP contribution in [0.2, 0.25) is 0 Å². The van der Waals surface area contributed by atoms with Crippen LogP contribution < -0.4 is 10.2 Å². The van der Waals surface area contributed by atoms with E-state index in [1.807, 2.05) is 36.4 Å². The first-order chi connectivity index (χ1) is 22.4. The monoisotopic (exact) mass is 640 g/mol. The number of amides is 1. The van der Waals surface area contributed by atoms with Crippen LogP contribution in [0.3, 0.4) is 0 Å². The highest BCUT2D eigenvalue weighted by Crippen LogP contribution is 2.51. The highest BCUT2D eigenvalue weighted by atomic mass is 32.2. The van der Waals surface area contributed by atoms with Crippen molar-refractivity contribution in [3.63, 3.8) is 0 Å². The molecule has 242 valence electrons. The molecule has 1 N–H and O–H groups in total. The van der Waals surface area contributed by atoms with E-state index in [9.17, 15) is 18.5 Å². The lowest BCUT2D eigenvalue weighted by atomic mass is 9.59. The number of rotatable bonds is 8. The van der Waals surface area contributed by atoms with Gasteiger partial charge in [-0.3, -0.25) is 0 Å². The molecule has 3 fully saturated rings. The molecule has 1 amide bonds. The summed E-state index contributed by atoms with van der Waals surface area (Å²) in [5.74, 6) is 0.145. The van der Waals surface area contributed by atoms with Crippen molar-refractivity contribution < 1.29 is 17.9 Å². The fraction of sp³-hybridized carbons (Fsp3) is 0.459.